The van der Waals surface area contributed by atoms with Gasteiger partial charge in [-0.25, -0.2) is 4.39 Å². The molecule has 21 heavy (non-hydrogen) atoms. The molecule has 2 heteroatoms. The average molecular weight is 303 g/mol. The van der Waals surface area contributed by atoms with Crippen molar-refractivity contribution in [3.05, 3.63) is 70.0 Å². The quantitative estimate of drug-likeness (QED) is 0.640. The van der Waals surface area contributed by atoms with E-state index in [1.807, 2.05) is 13.8 Å². The van der Waals surface area contributed by atoms with Crippen molar-refractivity contribution < 1.29 is 4.39 Å². The van der Waals surface area contributed by atoms with E-state index in [9.17, 15) is 4.39 Å². The number of fused-ring (bicyclic) bond motifs is 1. The van der Waals surface area contributed by atoms with Gasteiger partial charge in [0, 0.05) is 0 Å². The smallest absolute Gasteiger partial charge is 0.123 e. The maximum Gasteiger partial charge on any atom is 0.123 e. The first-order valence-corrected chi connectivity index (χ1v) is 7.97. The lowest BCUT2D eigenvalue weighted by atomic mass is 9.79. The molecule has 0 bridgehead atoms. The summed E-state index contributed by atoms with van der Waals surface area (Å²) in [5.41, 5.74) is 5.90. The first kappa shape index (κ1) is 14.6. The Balaban J connectivity index is 1.89. The Labute approximate surface area is 131 Å². The lowest BCUT2D eigenvalue weighted by Gasteiger charge is -2.30. The van der Waals surface area contributed by atoms with E-state index < -0.39 is 0 Å². The van der Waals surface area contributed by atoms with Crippen molar-refractivity contribution in [2.24, 2.45) is 5.92 Å². The number of rotatable bonds is 2. The molecule has 0 radical (unpaired) electrons. The van der Waals surface area contributed by atoms with Crippen LogP contribution in [-0.4, -0.2) is 0 Å². The van der Waals surface area contributed by atoms with E-state index in [1.165, 1.54) is 11.1 Å². The zero-order valence-corrected chi connectivity index (χ0v) is 13.3. The van der Waals surface area contributed by atoms with Gasteiger partial charge in [0.25, 0.3) is 0 Å². The van der Waals surface area contributed by atoms with Gasteiger partial charge in [0.1, 0.15) is 5.82 Å². The molecule has 2 aromatic rings. The normalized spacial score (nSPS) is 19.1. The number of alkyl halides is 1. The SMILES string of the molecule is Cc1cc(F)cc(C)c1C(Cl)C1CCc2ccccc2C1. The lowest BCUT2D eigenvalue weighted by Crippen LogP contribution is -2.19. The monoisotopic (exact) mass is 302 g/mol. The van der Waals surface area contributed by atoms with Gasteiger partial charge >= 0.3 is 0 Å². The van der Waals surface area contributed by atoms with Crippen LogP contribution in [0, 0.1) is 25.6 Å². The molecule has 0 heterocycles. The summed E-state index contributed by atoms with van der Waals surface area (Å²) in [7, 11) is 0. The number of aryl methyl sites for hydroxylation is 3. The van der Waals surface area contributed by atoms with Gasteiger partial charge in [0.2, 0.25) is 0 Å². The number of hydrogen-bond donors (Lipinski definition) is 0. The standard InChI is InChI=1S/C19H20ClF/c1-12-9-17(21)10-13(2)18(12)19(20)16-8-7-14-5-3-4-6-15(14)11-16/h3-6,9-10,16,19H,7-8,11H2,1-2H3. The van der Waals surface area contributed by atoms with Gasteiger partial charge in [0.05, 0.1) is 5.38 Å². The second kappa shape index (κ2) is 5.81. The van der Waals surface area contributed by atoms with E-state index in [0.717, 1.165) is 36.0 Å². The summed E-state index contributed by atoms with van der Waals surface area (Å²) < 4.78 is 13.5. The summed E-state index contributed by atoms with van der Waals surface area (Å²) in [5, 5.41) is -0.0426. The van der Waals surface area contributed by atoms with Crippen LogP contribution in [0.1, 0.15) is 39.6 Å². The molecule has 1 aliphatic rings. The van der Waals surface area contributed by atoms with Crippen molar-refractivity contribution in [2.75, 3.05) is 0 Å². The van der Waals surface area contributed by atoms with Crippen molar-refractivity contribution in [1.29, 1.82) is 0 Å². The molecule has 0 N–H and O–H groups in total. The van der Waals surface area contributed by atoms with E-state index >= 15 is 0 Å². The molecule has 0 aliphatic heterocycles. The number of halogens is 2. The zero-order chi connectivity index (χ0) is 15.0. The number of hydrogen-bond acceptors (Lipinski definition) is 0. The van der Waals surface area contributed by atoms with E-state index in [2.05, 4.69) is 24.3 Å². The van der Waals surface area contributed by atoms with Crippen molar-refractivity contribution in [1.82, 2.24) is 0 Å². The van der Waals surface area contributed by atoms with Crippen molar-refractivity contribution in [3.63, 3.8) is 0 Å². The maximum absolute atomic E-state index is 13.5. The Morgan fingerprint density at radius 2 is 1.71 bits per heavy atom. The first-order valence-electron chi connectivity index (χ1n) is 7.53. The summed E-state index contributed by atoms with van der Waals surface area (Å²) in [6.45, 7) is 3.91. The van der Waals surface area contributed by atoms with Crippen LogP contribution in [0.4, 0.5) is 4.39 Å². The molecule has 1 aliphatic carbocycles. The van der Waals surface area contributed by atoms with E-state index in [0.29, 0.717) is 5.92 Å². The minimum Gasteiger partial charge on any atom is -0.207 e. The predicted molar refractivity (Wildman–Crippen MR) is 86.4 cm³/mol. The summed E-state index contributed by atoms with van der Waals surface area (Å²) >= 11 is 6.79. The molecule has 3 rings (SSSR count). The highest BCUT2D eigenvalue weighted by atomic mass is 35.5. The third-order valence-electron chi connectivity index (χ3n) is 4.63. The van der Waals surface area contributed by atoms with Gasteiger partial charge in [-0.1, -0.05) is 24.3 Å². The highest BCUT2D eigenvalue weighted by molar-refractivity contribution is 6.21. The van der Waals surface area contributed by atoms with Crippen molar-refractivity contribution in [2.45, 2.75) is 38.5 Å². The van der Waals surface area contributed by atoms with Gasteiger partial charge in [-0.05, 0) is 79.0 Å². The molecular weight excluding hydrogens is 283 g/mol. The van der Waals surface area contributed by atoms with Crippen molar-refractivity contribution >= 4 is 11.6 Å². The second-order valence-corrected chi connectivity index (χ2v) is 6.60. The molecule has 0 amide bonds. The molecule has 0 nitrogen and oxygen atoms in total. The Bertz CT molecular complexity index is 639. The summed E-state index contributed by atoms with van der Waals surface area (Å²) in [6.07, 6.45) is 3.20. The average Bonchev–Trinajstić information content (AvgIpc) is 2.45. The van der Waals surface area contributed by atoms with E-state index in [-0.39, 0.29) is 11.2 Å². The van der Waals surface area contributed by atoms with Crippen LogP contribution in [-0.2, 0) is 12.8 Å². The zero-order valence-electron chi connectivity index (χ0n) is 12.5. The third-order valence-corrected chi connectivity index (χ3v) is 5.21. The first-order chi connectivity index (χ1) is 10.1. The molecule has 2 aromatic carbocycles. The minimum atomic E-state index is -0.174. The molecule has 0 saturated heterocycles. The fourth-order valence-corrected chi connectivity index (χ4v) is 4.13. The fraction of sp³-hybridized carbons (Fsp3) is 0.368. The highest BCUT2D eigenvalue weighted by Crippen LogP contribution is 2.40. The highest BCUT2D eigenvalue weighted by Gasteiger charge is 2.28. The maximum atomic E-state index is 13.5. The van der Waals surface area contributed by atoms with Gasteiger partial charge in [-0.15, -0.1) is 11.6 Å². The number of benzene rings is 2. The van der Waals surface area contributed by atoms with Gasteiger partial charge in [0.15, 0.2) is 0 Å². The summed E-state index contributed by atoms with van der Waals surface area (Å²) in [5.74, 6) is 0.246. The topological polar surface area (TPSA) is 0 Å². The van der Waals surface area contributed by atoms with E-state index in [1.54, 1.807) is 12.1 Å². The van der Waals surface area contributed by atoms with Crippen LogP contribution in [0.2, 0.25) is 0 Å². The molecule has 0 fully saturated rings. The van der Waals surface area contributed by atoms with Crippen LogP contribution in [0.25, 0.3) is 0 Å². The summed E-state index contributed by atoms with van der Waals surface area (Å²) in [4.78, 5) is 0. The van der Waals surface area contributed by atoms with E-state index in [4.69, 9.17) is 11.6 Å². The largest absolute Gasteiger partial charge is 0.207 e. The molecule has 2 unspecified atom stereocenters. The minimum absolute atomic E-state index is 0.0426. The molecular formula is C19H20ClF. The Kier molecular flexibility index (Phi) is 4.03. The van der Waals surface area contributed by atoms with Crippen LogP contribution in [0.15, 0.2) is 36.4 Å². The molecule has 110 valence electrons. The predicted octanol–water partition coefficient (Wildman–Crippen LogP) is 5.53. The molecule has 0 aromatic heterocycles. The van der Waals surface area contributed by atoms with Crippen molar-refractivity contribution in [3.8, 4) is 0 Å². The second-order valence-electron chi connectivity index (χ2n) is 6.13. The van der Waals surface area contributed by atoms with Gasteiger partial charge < -0.3 is 0 Å². The molecule has 2 atom stereocenters. The molecule has 0 saturated carbocycles. The van der Waals surface area contributed by atoms with Crippen LogP contribution >= 0.6 is 11.6 Å². The Hall–Kier alpha value is -1.34. The van der Waals surface area contributed by atoms with Gasteiger partial charge in [-0.3, -0.25) is 0 Å². The van der Waals surface area contributed by atoms with Crippen LogP contribution < -0.4 is 0 Å². The van der Waals surface area contributed by atoms with Gasteiger partial charge in [-0.2, -0.15) is 0 Å². The Morgan fingerprint density at radius 3 is 2.38 bits per heavy atom. The Morgan fingerprint density at radius 1 is 1.10 bits per heavy atom. The lowest BCUT2D eigenvalue weighted by molar-refractivity contribution is 0.441. The third kappa shape index (κ3) is 2.85. The molecule has 0 spiro atoms. The van der Waals surface area contributed by atoms with Crippen LogP contribution in [0.3, 0.4) is 0 Å². The summed E-state index contributed by atoms with van der Waals surface area (Å²) in [6, 6.07) is 11.8. The fourth-order valence-electron chi connectivity index (χ4n) is 3.57. The van der Waals surface area contributed by atoms with Crippen LogP contribution in [0.5, 0.6) is 0 Å².